The lowest BCUT2D eigenvalue weighted by Gasteiger charge is -2.15. The Morgan fingerprint density at radius 2 is 2.16 bits per heavy atom. The minimum absolute atomic E-state index is 0.0647. The van der Waals surface area contributed by atoms with Crippen molar-refractivity contribution in [2.24, 2.45) is 5.92 Å². The third-order valence-electron chi connectivity index (χ3n) is 3.72. The van der Waals surface area contributed by atoms with Gasteiger partial charge in [0.25, 0.3) is 0 Å². The van der Waals surface area contributed by atoms with Gasteiger partial charge < -0.3 is 10.6 Å². The molecule has 1 aliphatic carbocycles. The van der Waals surface area contributed by atoms with Crippen molar-refractivity contribution in [2.75, 3.05) is 13.1 Å². The fourth-order valence-corrected chi connectivity index (χ4v) is 2.57. The second-order valence-electron chi connectivity index (χ2n) is 5.69. The Kier molecular flexibility index (Phi) is 4.59. The third-order valence-corrected chi connectivity index (χ3v) is 3.72. The predicted octanol–water partition coefficient (Wildman–Crippen LogP) is 2.34. The summed E-state index contributed by atoms with van der Waals surface area (Å²) in [6.07, 6.45) is 2.32. The number of hydrogen-bond acceptors (Lipinski definition) is 2. The van der Waals surface area contributed by atoms with Gasteiger partial charge in [0.15, 0.2) is 0 Å². The molecule has 0 fully saturated rings. The second-order valence-corrected chi connectivity index (χ2v) is 5.69. The lowest BCUT2D eigenvalue weighted by Crippen LogP contribution is -2.35. The summed E-state index contributed by atoms with van der Waals surface area (Å²) in [7, 11) is 0. The molecule has 0 saturated carbocycles. The van der Waals surface area contributed by atoms with Gasteiger partial charge in [-0.15, -0.1) is 0 Å². The van der Waals surface area contributed by atoms with Crippen LogP contribution in [0.1, 0.15) is 43.0 Å². The van der Waals surface area contributed by atoms with Crippen molar-refractivity contribution in [3.8, 4) is 0 Å². The van der Waals surface area contributed by atoms with Gasteiger partial charge in [0, 0.05) is 25.0 Å². The Morgan fingerprint density at radius 3 is 2.89 bits per heavy atom. The van der Waals surface area contributed by atoms with Crippen LogP contribution in [-0.2, 0) is 11.2 Å². The molecule has 2 N–H and O–H groups in total. The summed E-state index contributed by atoms with van der Waals surface area (Å²) in [5, 5.41) is 6.48. The van der Waals surface area contributed by atoms with E-state index in [1.165, 1.54) is 16.7 Å². The maximum absolute atomic E-state index is 11.4. The van der Waals surface area contributed by atoms with E-state index in [-0.39, 0.29) is 11.8 Å². The minimum atomic E-state index is 0.0647. The van der Waals surface area contributed by atoms with Gasteiger partial charge in [-0.1, -0.05) is 37.6 Å². The number of hydrogen-bond donors (Lipinski definition) is 2. The standard InChI is InChI=1S/C16H24N2O/c1-11(2)16(19)18-9-8-17-15-7-6-13-5-4-12(3)10-14(13)15/h4-5,10-11,15,17H,6-9H2,1-3H3,(H,18,19). The van der Waals surface area contributed by atoms with Gasteiger partial charge in [0.05, 0.1) is 0 Å². The molecule has 3 nitrogen and oxygen atoms in total. The molecule has 0 bridgehead atoms. The van der Waals surface area contributed by atoms with Crippen LogP contribution in [0.4, 0.5) is 0 Å². The Hall–Kier alpha value is -1.35. The average Bonchev–Trinajstić information content (AvgIpc) is 2.76. The number of amides is 1. The van der Waals surface area contributed by atoms with E-state index in [0.717, 1.165) is 19.4 Å². The average molecular weight is 260 g/mol. The zero-order chi connectivity index (χ0) is 13.8. The molecule has 2 rings (SSSR count). The van der Waals surface area contributed by atoms with Crippen LogP contribution in [0.15, 0.2) is 18.2 Å². The van der Waals surface area contributed by atoms with Crippen molar-refractivity contribution in [3.05, 3.63) is 34.9 Å². The van der Waals surface area contributed by atoms with E-state index in [2.05, 4.69) is 35.8 Å². The van der Waals surface area contributed by atoms with Gasteiger partial charge in [-0.25, -0.2) is 0 Å². The van der Waals surface area contributed by atoms with Crippen molar-refractivity contribution in [1.82, 2.24) is 10.6 Å². The predicted molar refractivity (Wildman–Crippen MR) is 78.1 cm³/mol. The van der Waals surface area contributed by atoms with E-state index >= 15 is 0 Å². The molecule has 0 saturated heterocycles. The van der Waals surface area contributed by atoms with E-state index in [9.17, 15) is 4.79 Å². The molecular formula is C16H24N2O. The van der Waals surface area contributed by atoms with Crippen molar-refractivity contribution < 1.29 is 4.79 Å². The lowest BCUT2D eigenvalue weighted by atomic mass is 10.1. The molecule has 0 heterocycles. The van der Waals surface area contributed by atoms with Crippen LogP contribution in [0.2, 0.25) is 0 Å². The molecule has 104 valence electrons. The first-order valence-corrected chi connectivity index (χ1v) is 7.18. The molecule has 0 spiro atoms. The smallest absolute Gasteiger partial charge is 0.222 e. The van der Waals surface area contributed by atoms with Gasteiger partial charge in [-0.3, -0.25) is 4.79 Å². The van der Waals surface area contributed by atoms with Crippen LogP contribution in [-0.4, -0.2) is 19.0 Å². The highest BCUT2D eigenvalue weighted by atomic mass is 16.1. The zero-order valence-electron chi connectivity index (χ0n) is 12.1. The zero-order valence-corrected chi connectivity index (χ0v) is 12.1. The number of fused-ring (bicyclic) bond motifs is 1. The van der Waals surface area contributed by atoms with Crippen LogP contribution in [0.3, 0.4) is 0 Å². The van der Waals surface area contributed by atoms with Crippen LogP contribution in [0.5, 0.6) is 0 Å². The Balaban J connectivity index is 1.80. The first-order chi connectivity index (χ1) is 9.08. The van der Waals surface area contributed by atoms with E-state index in [0.29, 0.717) is 12.6 Å². The maximum atomic E-state index is 11.4. The molecule has 1 aliphatic rings. The molecule has 0 aromatic heterocycles. The van der Waals surface area contributed by atoms with Crippen LogP contribution < -0.4 is 10.6 Å². The number of benzene rings is 1. The van der Waals surface area contributed by atoms with Crippen LogP contribution >= 0.6 is 0 Å². The normalized spacial score (nSPS) is 17.6. The molecule has 1 aromatic carbocycles. The summed E-state index contributed by atoms with van der Waals surface area (Å²) in [6.45, 7) is 7.50. The van der Waals surface area contributed by atoms with Gasteiger partial charge in [0.1, 0.15) is 0 Å². The van der Waals surface area contributed by atoms with Crippen LogP contribution in [0.25, 0.3) is 0 Å². The lowest BCUT2D eigenvalue weighted by molar-refractivity contribution is -0.123. The third kappa shape index (κ3) is 3.57. The summed E-state index contributed by atoms with van der Waals surface area (Å²) in [4.78, 5) is 11.4. The summed E-state index contributed by atoms with van der Waals surface area (Å²) in [5.74, 6) is 0.194. The van der Waals surface area contributed by atoms with E-state index in [1.54, 1.807) is 0 Å². The summed E-state index contributed by atoms with van der Waals surface area (Å²) >= 11 is 0. The quantitative estimate of drug-likeness (QED) is 0.798. The highest BCUT2D eigenvalue weighted by Gasteiger charge is 2.21. The fraction of sp³-hybridized carbons (Fsp3) is 0.562. The van der Waals surface area contributed by atoms with Crippen LogP contribution in [0, 0.1) is 12.8 Å². The largest absolute Gasteiger partial charge is 0.355 e. The Morgan fingerprint density at radius 1 is 1.37 bits per heavy atom. The highest BCUT2D eigenvalue weighted by Crippen LogP contribution is 2.31. The van der Waals surface area contributed by atoms with Crippen molar-refractivity contribution in [1.29, 1.82) is 0 Å². The first kappa shape index (κ1) is 14.1. The fourth-order valence-electron chi connectivity index (χ4n) is 2.57. The Bertz CT molecular complexity index is 454. The SMILES string of the molecule is Cc1ccc2c(c1)C(NCCNC(=O)C(C)C)CC2. The number of carbonyl (C=O) groups excluding carboxylic acids is 1. The summed E-state index contributed by atoms with van der Waals surface area (Å²) in [6, 6.07) is 7.16. The van der Waals surface area contributed by atoms with Crippen molar-refractivity contribution >= 4 is 5.91 Å². The molecule has 1 aromatic rings. The number of nitrogens with one attached hydrogen (secondary N) is 2. The molecule has 1 amide bonds. The number of carbonyl (C=O) groups is 1. The van der Waals surface area contributed by atoms with Crippen molar-refractivity contribution in [3.63, 3.8) is 0 Å². The molecule has 0 radical (unpaired) electrons. The molecule has 0 aliphatic heterocycles. The second kappa shape index (κ2) is 6.20. The molecule has 1 atom stereocenters. The topological polar surface area (TPSA) is 41.1 Å². The summed E-state index contributed by atoms with van der Waals surface area (Å²) < 4.78 is 0. The molecule has 1 unspecified atom stereocenters. The van der Waals surface area contributed by atoms with E-state index in [1.807, 2.05) is 13.8 Å². The molecular weight excluding hydrogens is 236 g/mol. The number of aryl methyl sites for hydroxylation is 2. The minimum Gasteiger partial charge on any atom is -0.355 e. The molecule has 3 heteroatoms. The molecule has 19 heavy (non-hydrogen) atoms. The van der Waals surface area contributed by atoms with E-state index < -0.39 is 0 Å². The monoisotopic (exact) mass is 260 g/mol. The highest BCUT2D eigenvalue weighted by molar-refractivity contribution is 5.77. The summed E-state index contributed by atoms with van der Waals surface area (Å²) in [5.41, 5.74) is 4.23. The Labute approximate surface area is 115 Å². The number of rotatable bonds is 5. The first-order valence-electron chi connectivity index (χ1n) is 7.18. The van der Waals surface area contributed by atoms with Gasteiger partial charge >= 0.3 is 0 Å². The maximum Gasteiger partial charge on any atom is 0.222 e. The van der Waals surface area contributed by atoms with E-state index in [4.69, 9.17) is 0 Å². The van der Waals surface area contributed by atoms with Gasteiger partial charge in [-0.2, -0.15) is 0 Å². The van der Waals surface area contributed by atoms with Gasteiger partial charge in [-0.05, 0) is 30.9 Å². The van der Waals surface area contributed by atoms with Gasteiger partial charge in [0.2, 0.25) is 5.91 Å². The van der Waals surface area contributed by atoms with Crippen molar-refractivity contribution in [2.45, 2.75) is 39.7 Å².